The number of nitrogens with zero attached hydrogens (tertiary/aromatic N) is 1. The minimum Gasteiger partial charge on any atom is -0.267 e. The predicted molar refractivity (Wildman–Crippen MR) is 70.7 cm³/mol. The molecule has 0 aromatic heterocycles. The molecule has 1 aliphatic carbocycles. The molecule has 0 saturated heterocycles. The van der Waals surface area contributed by atoms with E-state index < -0.39 is 0 Å². The molecule has 86 valence electrons. The van der Waals surface area contributed by atoms with Crippen LogP contribution >= 0.6 is 11.6 Å². The number of halogens is 1. The molecule has 0 aliphatic heterocycles. The van der Waals surface area contributed by atoms with Gasteiger partial charge >= 0.3 is 0 Å². The molecule has 0 heterocycles. The fourth-order valence-corrected chi connectivity index (χ4v) is 1.75. The Morgan fingerprint density at radius 3 is 2.71 bits per heavy atom. The number of hydrogen-bond donors (Lipinski definition) is 0. The van der Waals surface area contributed by atoms with E-state index in [1.54, 1.807) is 24.3 Å². The van der Waals surface area contributed by atoms with E-state index >= 15 is 0 Å². The Kier molecular flexibility index (Phi) is 3.55. The average molecular weight is 246 g/mol. The van der Waals surface area contributed by atoms with Crippen LogP contribution in [0.25, 0.3) is 0 Å². The number of amides is 1. The van der Waals surface area contributed by atoms with Crippen LogP contribution < -0.4 is 0 Å². The van der Waals surface area contributed by atoms with Crippen LogP contribution in [-0.4, -0.2) is 11.6 Å². The molecule has 0 radical (unpaired) electrons. The zero-order valence-electron chi connectivity index (χ0n) is 9.48. The van der Waals surface area contributed by atoms with Gasteiger partial charge in [0.1, 0.15) is 0 Å². The maximum Gasteiger partial charge on any atom is 0.278 e. The third-order valence-electron chi connectivity index (χ3n) is 2.52. The van der Waals surface area contributed by atoms with Crippen molar-refractivity contribution in [1.29, 1.82) is 0 Å². The first kappa shape index (κ1) is 11.8. The lowest BCUT2D eigenvalue weighted by Gasteiger charge is -2.04. The molecule has 3 heteroatoms. The Morgan fingerprint density at radius 2 is 2.06 bits per heavy atom. The fourth-order valence-electron chi connectivity index (χ4n) is 1.54. The minimum atomic E-state index is -0.289. The van der Waals surface area contributed by atoms with Gasteiger partial charge in [0.05, 0.1) is 10.6 Å². The van der Waals surface area contributed by atoms with Crippen molar-refractivity contribution in [3.8, 4) is 0 Å². The molecule has 1 aromatic rings. The first-order valence-electron chi connectivity index (χ1n) is 5.38. The molecule has 2 nitrogen and oxygen atoms in total. The van der Waals surface area contributed by atoms with E-state index in [1.807, 2.05) is 25.2 Å². The van der Waals surface area contributed by atoms with Crippen LogP contribution in [0.2, 0.25) is 5.02 Å². The lowest BCUT2D eigenvalue weighted by atomic mass is 10.1. The van der Waals surface area contributed by atoms with Crippen molar-refractivity contribution in [1.82, 2.24) is 0 Å². The van der Waals surface area contributed by atoms with Gasteiger partial charge in [-0.25, -0.2) is 4.99 Å². The predicted octanol–water partition coefficient (Wildman–Crippen LogP) is 3.83. The van der Waals surface area contributed by atoms with E-state index in [2.05, 4.69) is 4.99 Å². The minimum absolute atomic E-state index is 0.289. The van der Waals surface area contributed by atoms with Crippen LogP contribution in [0.3, 0.4) is 0 Å². The van der Waals surface area contributed by atoms with Gasteiger partial charge in [-0.1, -0.05) is 41.5 Å². The number of carbonyl (C=O) groups is 1. The molecule has 0 unspecified atom stereocenters. The van der Waals surface area contributed by atoms with Crippen LogP contribution in [0.4, 0.5) is 0 Å². The normalized spacial score (nSPS) is 17.1. The fraction of sp³-hybridized carbons (Fsp3) is 0.143. The zero-order valence-corrected chi connectivity index (χ0v) is 10.2. The molecule has 0 fully saturated rings. The maximum absolute atomic E-state index is 11.9. The Bertz CT molecular complexity index is 541. The topological polar surface area (TPSA) is 29.4 Å². The highest BCUT2D eigenvalue weighted by atomic mass is 35.5. The molecule has 0 spiro atoms. The zero-order chi connectivity index (χ0) is 12.3. The van der Waals surface area contributed by atoms with Crippen LogP contribution in [0, 0.1) is 0 Å². The molecular formula is C14H12ClNO. The Balaban J connectivity index is 2.21. The molecule has 1 aromatic carbocycles. The van der Waals surface area contributed by atoms with Gasteiger partial charge < -0.3 is 0 Å². The number of carbonyl (C=O) groups excluding carboxylic acids is 1. The highest BCUT2D eigenvalue weighted by Crippen LogP contribution is 2.16. The van der Waals surface area contributed by atoms with E-state index in [0.717, 1.165) is 5.71 Å². The molecule has 0 bridgehead atoms. The summed E-state index contributed by atoms with van der Waals surface area (Å²) in [7, 11) is 0. The summed E-state index contributed by atoms with van der Waals surface area (Å²) in [5.41, 5.74) is 2.40. The van der Waals surface area contributed by atoms with Crippen molar-refractivity contribution in [3.05, 3.63) is 58.7 Å². The Hall–Kier alpha value is -1.67. The quantitative estimate of drug-likeness (QED) is 0.739. The molecule has 17 heavy (non-hydrogen) atoms. The van der Waals surface area contributed by atoms with E-state index in [4.69, 9.17) is 11.6 Å². The lowest BCUT2D eigenvalue weighted by molar-refractivity contribution is 0.100. The summed E-state index contributed by atoms with van der Waals surface area (Å²) < 4.78 is 0. The number of hydrogen-bond acceptors (Lipinski definition) is 1. The van der Waals surface area contributed by atoms with E-state index in [0.29, 0.717) is 17.0 Å². The second-order valence-corrected chi connectivity index (χ2v) is 4.28. The molecule has 0 atom stereocenters. The van der Waals surface area contributed by atoms with Gasteiger partial charge in [-0.3, -0.25) is 4.79 Å². The standard InChI is InChI=1S/C14H12ClNO/c1-10-6-8-11(9-7-10)16-14(17)12-4-2-3-5-13(12)15/h2-8H,9H2,1H3. The van der Waals surface area contributed by atoms with Gasteiger partial charge in [-0.05, 0) is 25.1 Å². The Labute approximate surface area is 105 Å². The van der Waals surface area contributed by atoms with Crippen LogP contribution in [0.1, 0.15) is 23.7 Å². The number of benzene rings is 1. The second kappa shape index (κ2) is 5.11. The SMILES string of the molecule is CC1=CCC(=NC(=O)c2ccccc2Cl)C=C1. The molecule has 2 rings (SSSR count). The van der Waals surface area contributed by atoms with Gasteiger partial charge in [0.15, 0.2) is 0 Å². The van der Waals surface area contributed by atoms with Crippen LogP contribution in [0.5, 0.6) is 0 Å². The summed E-state index contributed by atoms with van der Waals surface area (Å²) in [6, 6.07) is 6.94. The van der Waals surface area contributed by atoms with Crippen molar-refractivity contribution in [2.24, 2.45) is 4.99 Å². The molecule has 0 saturated carbocycles. The summed E-state index contributed by atoms with van der Waals surface area (Å²) >= 11 is 5.94. The van der Waals surface area contributed by atoms with Gasteiger partial charge in [-0.2, -0.15) is 0 Å². The molecular weight excluding hydrogens is 234 g/mol. The van der Waals surface area contributed by atoms with Crippen molar-refractivity contribution in [3.63, 3.8) is 0 Å². The summed E-state index contributed by atoms with van der Waals surface area (Å²) in [6.45, 7) is 2.02. The van der Waals surface area contributed by atoms with Gasteiger partial charge in [0.2, 0.25) is 0 Å². The number of rotatable bonds is 1. The van der Waals surface area contributed by atoms with Gasteiger partial charge in [-0.15, -0.1) is 0 Å². The second-order valence-electron chi connectivity index (χ2n) is 3.87. The third kappa shape index (κ3) is 2.92. The maximum atomic E-state index is 11.9. The highest BCUT2D eigenvalue weighted by molar-refractivity contribution is 6.34. The lowest BCUT2D eigenvalue weighted by Crippen LogP contribution is -2.03. The summed E-state index contributed by atoms with van der Waals surface area (Å²) in [5, 5.41) is 0.438. The smallest absolute Gasteiger partial charge is 0.267 e. The van der Waals surface area contributed by atoms with Gasteiger partial charge in [0.25, 0.3) is 5.91 Å². The monoisotopic (exact) mass is 245 g/mol. The Morgan fingerprint density at radius 1 is 1.29 bits per heavy atom. The number of aliphatic imine (C=N–C) groups is 1. The average Bonchev–Trinajstić information content (AvgIpc) is 2.32. The van der Waals surface area contributed by atoms with Crippen molar-refractivity contribution >= 4 is 23.2 Å². The summed E-state index contributed by atoms with van der Waals surface area (Å²) in [6.07, 6.45) is 6.55. The van der Waals surface area contributed by atoms with Gasteiger partial charge in [0, 0.05) is 12.1 Å². The summed E-state index contributed by atoms with van der Waals surface area (Å²) in [4.78, 5) is 16.0. The van der Waals surface area contributed by atoms with E-state index in [1.165, 1.54) is 5.57 Å². The summed E-state index contributed by atoms with van der Waals surface area (Å²) in [5.74, 6) is -0.289. The molecule has 1 aliphatic rings. The third-order valence-corrected chi connectivity index (χ3v) is 2.85. The number of allylic oxidation sites excluding steroid dienone is 4. The van der Waals surface area contributed by atoms with Crippen molar-refractivity contribution in [2.75, 3.05) is 0 Å². The van der Waals surface area contributed by atoms with E-state index in [9.17, 15) is 4.79 Å². The largest absolute Gasteiger partial charge is 0.278 e. The van der Waals surface area contributed by atoms with Crippen LogP contribution in [-0.2, 0) is 0 Å². The first-order valence-corrected chi connectivity index (χ1v) is 5.76. The highest BCUT2D eigenvalue weighted by Gasteiger charge is 2.09. The van der Waals surface area contributed by atoms with Crippen molar-refractivity contribution in [2.45, 2.75) is 13.3 Å². The van der Waals surface area contributed by atoms with E-state index in [-0.39, 0.29) is 5.91 Å². The van der Waals surface area contributed by atoms with Crippen LogP contribution in [0.15, 0.2) is 53.1 Å². The molecule has 1 amide bonds. The molecule has 0 N–H and O–H groups in total. The van der Waals surface area contributed by atoms with Crippen molar-refractivity contribution < 1.29 is 4.79 Å². The first-order chi connectivity index (χ1) is 8.16.